The molecule has 0 radical (unpaired) electrons. The van der Waals surface area contributed by atoms with Crippen molar-refractivity contribution in [2.75, 3.05) is 33.2 Å². The average molecular weight is 503 g/mol. The summed E-state index contributed by atoms with van der Waals surface area (Å²) in [5.74, 6) is 1.97. The molecule has 1 amide bonds. The van der Waals surface area contributed by atoms with Crippen LogP contribution in [0.15, 0.2) is 42.5 Å². The van der Waals surface area contributed by atoms with Crippen LogP contribution in [0.2, 0.25) is 0 Å². The van der Waals surface area contributed by atoms with Gasteiger partial charge in [0, 0.05) is 42.7 Å². The van der Waals surface area contributed by atoms with Gasteiger partial charge in [0.2, 0.25) is 6.79 Å². The smallest absolute Gasteiger partial charge is 0.263 e. The van der Waals surface area contributed by atoms with Gasteiger partial charge in [-0.1, -0.05) is 18.2 Å². The number of pyridine rings is 1. The zero-order valence-electron chi connectivity index (χ0n) is 20.1. The fraction of sp³-hybridized carbons (Fsp3) is 0.259. The molecular formula is C27H26N4O4S. The van der Waals surface area contributed by atoms with Crippen molar-refractivity contribution in [2.45, 2.75) is 19.5 Å². The first kappa shape index (κ1) is 22.6. The standard InChI is InChI=1S/C27H26N4O4S/c1-31-10-9-19-18(13-31)22(16-4-6-17(33-2)7-5-16)23-24(28)25(36-27(23)30-19)26(32)29-12-15-3-8-20-21(11-15)35-14-34-20/h3-8,11H,9-10,12-14,28H2,1-2H3,(H,29,32). The Balaban J connectivity index is 1.38. The van der Waals surface area contributed by atoms with Crippen LogP contribution in [0.3, 0.4) is 0 Å². The number of anilines is 1. The monoisotopic (exact) mass is 502 g/mol. The van der Waals surface area contributed by atoms with Gasteiger partial charge in [0.25, 0.3) is 5.91 Å². The number of methoxy groups -OCH3 is 1. The number of aromatic nitrogens is 1. The largest absolute Gasteiger partial charge is 0.497 e. The first-order valence-electron chi connectivity index (χ1n) is 11.7. The van der Waals surface area contributed by atoms with E-state index in [1.807, 2.05) is 42.5 Å². The number of fused-ring (bicyclic) bond motifs is 3. The lowest BCUT2D eigenvalue weighted by Gasteiger charge is -2.27. The molecule has 2 aromatic carbocycles. The van der Waals surface area contributed by atoms with E-state index in [1.54, 1.807) is 7.11 Å². The number of likely N-dealkylation sites (N-methyl/N-ethyl adjacent to an activating group) is 1. The molecule has 0 bridgehead atoms. The number of benzene rings is 2. The lowest BCUT2D eigenvalue weighted by atomic mass is 9.92. The highest BCUT2D eigenvalue weighted by Gasteiger charge is 2.27. The first-order valence-corrected chi connectivity index (χ1v) is 12.6. The second kappa shape index (κ2) is 9.00. The minimum Gasteiger partial charge on any atom is -0.497 e. The Hall–Kier alpha value is -3.82. The Morgan fingerprint density at radius 1 is 1.19 bits per heavy atom. The second-order valence-corrected chi connectivity index (χ2v) is 10.0. The van der Waals surface area contributed by atoms with Crippen LogP contribution < -0.4 is 25.3 Å². The highest BCUT2D eigenvalue weighted by molar-refractivity contribution is 7.21. The summed E-state index contributed by atoms with van der Waals surface area (Å²) >= 11 is 1.35. The first-order chi connectivity index (χ1) is 17.5. The molecule has 2 aliphatic heterocycles. The molecule has 0 spiro atoms. The predicted molar refractivity (Wildman–Crippen MR) is 140 cm³/mol. The number of nitrogens with zero attached hydrogens (tertiary/aromatic N) is 2. The number of amides is 1. The van der Waals surface area contributed by atoms with E-state index in [-0.39, 0.29) is 12.7 Å². The number of thiophene rings is 1. The summed E-state index contributed by atoms with van der Waals surface area (Å²) < 4.78 is 16.2. The number of hydrogen-bond acceptors (Lipinski definition) is 8. The molecular weight excluding hydrogens is 476 g/mol. The molecule has 0 unspecified atom stereocenters. The predicted octanol–water partition coefficient (Wildman–Crippen LogP) is 4.20. The van der Waals surface area contributed by atoms with Gasteiger partial charge in [-0.2, -0.15) is 0 Å². The van der Waals surface area contributed by atoms with Gasteiger partial charge in [-0.15, -0.1) is 11.3 Å². The lowest BCUT2D eigenvalue weighted by Crippen LogP contribution is -2.28. The molecule has 8 nitrogen and oxygen atoms in total. The van der Waals surface area contributed by atoms with Crippen molar-refractivity contribution in [3.05, 3.63) is 64.2 Å². The zero-order chi connectivity index (χ0) is 24.8. The summed E-state index contributed by atoms with van der Waals surface area (Å²) in [4.78, 5) is 21.8. The van der Waals surface area contributed by atoms with E-state index in [4.69, 9.17) is 24.9 Å². The molecule has 6 rings (SSSR count). The summed E-state index contributed by atoms with van der Waals surface area (Å²) in [6.07, 6.45) is 0.856. The van der Waals surface area contributed by atoms with Gasteiger partial charge in [-0.3, -0.25) is 4.79 Å². The number of carbonyl (C=O) groups excluding carboxylic acids is 1. The van der Waals surface area contributed by atoms with Gasteiger partial charge in [-0.05, 0) is 48.0 Å². The summed E-state index contributed by atoms with van der Waals surface area (Å²) in [6.45, 7) is 2.29. The molecule has 0 atom stereocenters. The van der Waals surface area contributed by atoms with Crippen LogP contribution in [0.4, 0.5) is 5.69 Å². The van der Waals surface area contributed by atoms with Crippen LogP contribution in [0, 0.1) is 0 Å². The van der Waals surface area contributed by atoms with E-state index in [0.29, 0.717) is 28.6 Å². The van der Waals surface area contributed by atoms with Crippen LogP contribution in [-0.2, 0) is 19.5 Å². The summed E-state index contributed by atoms with van der Waals surface area (Å²) in [6, 6.07) is 13.6. The lowest BCUT2D eigenvalue weighted by molar-refractivity contribution is 0.0955. The van der Waals surface area contributed by atoms with Gasteiger partial charge in [-0.25, -0.2) is 4.98 Å². The molecule has 3 N–H and O–H groups in total. The minimum absolute atomic E-state index is 0.215. The van der Waals surface area contributed by atoms with Crippen molar-refractivity contribution in [1.29, 1.82) is 0 Å². The molecule has 0 saturated carbocycles. The van der Waals surface area contributed by atoms with Crippen LogP contribution in [0.1, 0.15) is 26.5 Å². The number of nitrogens with two attached hydrogens (primary N) is 1. The van der Waals surface area contributed by atoms with E-state index in [2.05, 4.69) is 17.3 Å². The molecule has 0 fully saturated rings. The molecule has 2 aromatic heterocycles. The molecule has 0 aliphatic carbocycles. The highest BCUT2D eigenvalue weighted by Crippen LogP contribution is 2.43. The van der Waals surface area contributed by atoms with E-state index in [9.17, 15) is 4.79 Å². The third kappa shape index (κ3) is 3.90. The number of nitrogen functional groups attached to an aromatic ring is 1. The van der Waals surface area contributed by atoms with E-state index in [1.165, 1.54) is 16.9 Å². The van der Waals surface area contributed by atoms with Crippen LogP contribution in [0.25, 0.3) is 21.3 Å². The normalized spacial score (nSPS) is 14.6. The molecule has 36 heavy (non-hydrogen) atoms. The van der Waals surface area contributed by atoms with Crippen LogP contribution in [0.5, 0.6) is 17.2 Å². The maximum atomic E-state index is 13.3. The topological polar surface area (TPSA) is 98.9 Å². The average Bonchev–Trinajstić information content (AvgIpc) is 3.50. The van der Waals surface area contributed by atoms with Crippen LogP contribution in [-0.4, -0.2) is 43.3 Å². The van der Waals surface area contributed by atoms with Crippen molar-refractivity contribution in [2.24, 2.45) is 0 Å². The van der Waals surface area contributed by atoms with E-state index in [0.717, 1.165) is 57.9 Å². The Kier molecular flexibility index (Phi) is 5.66. The Morgan fingerprint density at radius 2 is 2.00 bits per heavy atom. The number of hydrogen-bond donors (Lipinski definition) is 2. The third-order valence-electron chi connectivity index (χ3n) is 6.70. The van der Waals surface area contributed by atoms with Gasteiger partial charge in [0.05, 0.1) is 12.8 Å². The summed E-state index contributed by atoms with van der Waals surface area (Å²) in [5.41, 5.74) is 12.4. The summed E-state index contributed by atoms with van der Waals surface area (Å²) in [7, 11) is 3.76. The third-order valence-corrected chi connectivity index (χ3v) is 7.79. The number of ether oxygens (including phenoxy) is 3. The molecule has 2 aliphatic rings. The minimum atomic E-state index is -0.219. The summed E-state index contributed by atoms with van der Waals surface area (Å²) in [5, 5.41) is 3.84. The molecule has 4 aromatic rings. The van der Waals surface area contributed by atoms with Gasteiger partial charge in [0.1, 0.15) is 15.5 Å². The number of rotatable bonds is 5. The molecule has 4 heterocycles. The van der Waals surface area contributed by atoms with E-state index < -0.39 is 0 Å². The Morgan fingerprint density at radius 3 is 2.81 bits per heavy atom. The van der Waals surface area contributed by atoms with Crippen LogP contribution >= 0.6 is 11.3 Å². The molecule has 184 valence electrons. The maximum absolute atomic E-state index is 13.3. The quantitative estimate of drug-likeness (QED) is 0.422. The van der Waals surface area contributed by atoms with Gasteiger partial charge in [0.15, 0.2) is 11.5 Å². The number of nitrogens with one attached hydrogen (secondary N) is 1. The molecule has 0 saturated heterocycles. The second-order valence-electron chi connectivity index (χ2n) is 9.02. The van der Waals surface area contributed by atoms with Crippen molar-refractivity contribution in [3.63, 3.8) is 0 Å². The fourth-order valence-electron chi connectivity index (χ4n) is 4.82. The van der Waals surface area contributed by atoms with Crippen molar-refractivity contribution in [3.8, 4) is 28.4 Å². The SMILES string of the molecule is COc1ccc(-c2c3c(nc4sc(C(=O)NCc5ccc6c(c5)OCO6)c(N)c24)CCN(C)C3)cc1. The highest BCUT2D eigenvalue weighted by atomic mass is 32.1. The van der Waals surface area contributed by atoms with Crippen molar-refractivity contribution >= 4 is 33.1 Å². The molecule has 9 heteroatoms. The Labute approximate surface area is 212 Å². The Bertz CT molecular complexity index is 1480. The van der Waals surface area contributed by atoms with Gasteiger partial charge >= 0.3 is 0 Å². The van der Waals surface area contributed by atoms with Crippen molar-refractivity contribution in [1.82, 2.24) is 15.2 Å². The van der Waals surface area contributed by atoms with Gasteiger partial charge < -0.3 is 30.2 Å². The van der Waals surface area contributed by atoms with Crippen molar-refractivity contribution < 1.29 is 19.0 Å². The van der Waals surface area contributed by atoms with E-state index >= 15 is 0 Å². The fourth-order valence-corrected chi connectivity index (χ4v) is 5.86. The zero-order valence-corrected chi connectivity index (χ0v) is 20.9. The number of carbonyl (C=O) groups is 1. The maximum Gasteiger partial charge on any atom is 0.263 e.